The molecule has 0 atom stereocenters. The maximum absolute atomic E-state index is 5.16. The van der Waals surface area contributed by atoms with Crippen LogP contribution in [-0.4, -0.2) is 36.5 Å². The Hall–Kier alpha value is -1.20. The summed E-state index contributed by atoms with van der Waals surface area (Å²) in [6, 6.07) is 5.81. The van der Waals surface area contributed by atoms with Crippen molar-refractivity contribution in [3.63, 3.8) is 0 Å². The lowest BCUT2D eigenvalue weighted by atomic mass is 10.3. The van der Waals surface area contributed by atoms with Crippen molar-refractivity contribution in [1.29, 1.82) is 0 Å². The highest BCUT2D eigenvalue weighted by Crippen LogP contribution is 2.22. The molecule has 0 fully saturated rings. The summed E-state index contributed by atoms with van der Waals surface area (Å²) in [5.41, 5.74) is 1.96. The van der Waals surface area contributed by atoms with E-state index >= 15 is 0 Å². The number of thioether (sulfide) groups is 1. The highest BCUT2D eigenvalue weighted by molar-refractivity contribution is 7.99. The first-order valence-electron chi connectivity index (χ1n) is 4.99. The van der Waals surface area contributed by atoms with Crippen LogP contribution in [0.1, 0.15) is 0 Å². The predicted molar refractivity (Wildman–Crippen MR) is 65.2 cm³/mol. The van der Waals surface area contributed by atoms with E-state index in [4.69, 9.17) is 9.47 Å². The fourth-order valence-electron chi connectivity index (χ4n) is 1.38. The Kier molecular flexibility index (Phi) is 3.69. The number of H-pyrrole nitrogens is 1. The molecule has 16 heavy (non-hydrogen) atoms. The summed E-state index contributed by atoms with van der Waals surface area (Å²) in [5.74, 6) is 1.73. The van der Waals surface area contributed by atoms with Crippen LogP contribution in [-0.2, 0) is 4.74 Å². The number of fused-ring (bicyclic) bond motifs is 1. The van der Waals surface area contributed by atoms with E-state index in [0.717, 1.165) is 34.3 Å². The summed E-state index contributed by atoms with van der Waals surface area (Å²) in [7, 11) is 3.36. The van der Waals surface area contributed by atoms with E-state index in [9.17, 15) is 0 Å². The lowest BCUT2D eigenvalue weighted by molar-refractivity contribution is 0.218. The van der Waals surface area contributed by atoms with E-state index < -0.39 is 0 Å². The van der Waals surface area contributed by atoms with Crippen molar-refractivity contribution in [1.82, 2.24) is 9.97 Å². The zero-order valence-corrected chi connectivity index (χ0v) is 10.1. The molecule has 86 valence electrons. The monoisotopic (exact) mass is 238 g/mol. The molecule has 0 aliphatic heterocycles. The van der Waals surface area contributed by atoms with E-state index in [2.05, 4.69) is 9.97 Å². The molecule has 0 saturated heterocycles. The Morgan fingerprint density at radius 1 is 1.38 bits per heavy atom. The average molecular weight is 238 g/mol. The van der Waals surface area contributed by atoms with Crippen molar-refractivity contribution in [2.75, 3.05) is 26.6 Å². The van der Waals surface area contributed by atoms with Gasteiger partial charge in [0.1, 0.15) is 5.75 Å². The molecule has 0 amide bonds. The van der Waals surface area contributed by atoms with Gasteiger partial charge in [-0.05, 0) is 12.1 Å². The minimum Gasteiger partial charge on any atom is -0.497 e. The lowest BCUT2D eigenvalue weighted by Gasteiger charge is -1.96. The number of benzene rings is 1. The number of hydrogen-bond donors (Lipinski definition) is 1. The van der Waals surface area contributed by atoms with Crippen LogP contribution in [0.15, 0.2) is 23.4 Å². The molecule has 0 radical (unpaired) electrons. The molecule has 0 bridgehead atoms. The topological polar surface area (TPSA) is 47.1 Å². The van der Waals surface area contributed by atoms with Crippen molar-refractivity contribution in [2.45, 2.75) is 5.16 Å². The highest BCUT2D eigenvalue weighted by Gasteiger charge is 2.04. The van der Waals surface area contributed by atoms with Gasteiger partial charge in [0.05, 0.1) is 24.8 Å². The maximum atomic E-state index is 5.16. The standard InChI is InChI=1S/C11H14N2O2S/c1-14-5-6-16-11-12-9-4-3-8(15-2)7-10(9)13-11/h3-4,7H,5-6H2,1-2H3,(H,12,13). The molecule has 1 N–H and O–H groups in total. The van der Waals surface area contributed by atoms with Gasteiger partial charge in [0.25, 0.3) is 0 Å². The van der Waals surface area contributed by atoms with E-state index in [0.29, 0.717) is 0 Å². The zero-order chi connectivity index (χ0) is 11.4. The van der Waals surface area contributed by atoms with Gasteiger partial charge in [-0.3, -0.25) is 0 Å². The highest BCUT2D eigenvalue weighted by atomic mass is 32.2. The third-order valence-corrected chi connectivity index (χ3v) is 3.03. The summed E-state index contributed by atoms with van der Waals surface area (Å²) in [4.78, 5) is 7.70. The molecule has 0 aliphatic carbocycles. The second kappa shape index (κ2) is 5.23. The molecule has 0 aliphatic rings. The third kappa shape index (κ3) is 2.48. The number of nitrogens with one attached hydrogen (secondary N) is 1. The van der Waals surface area contributed by atoms with Crippen LogP contribution in [0.3, 0.4) is 0 Å². The van der Waals surface area contributed by atoms with Crippen LogP contribution in [0.2, 0.25) is 0 Å². The summed E-state index contributed by atoms with van der Waals surface area (Å²) >= 11 is 1.65. The quantitative estimate of drug-likeness (QED) is 0.641. The van der Waals surface area contributed by atoms with Crippen molar-refractivity contribution in [3.8, 4) is 5.75 Å². The van der Waals surface area contributed by atoms with E-state index in [1.54, 1.807) is 26.0 Å². The normalized spacial score (nSPS) is 10.9. The smallest absolute Gasteiger partial charge is 0.166 e. The van der Waals surface area contributed by atoms with Gasteiger partial charge in [-0.25, -0.2) is 4.98 Å². The fourth-order valence-corrected chi connectivity index (χ4v) is 2.17. The number of rotatable bonds is 5. The molecule has 0 unspecified atom stereocenters. The van der Waals surface area contributed by atoms with Crippen molar-refractivity contribution < 1.29 is 9.47 Å². The van der Waals surface area contributed by atoms with Crippen LogP contribution in [0.5, 0.6) is 5.75 Å². The number of ether oxygens (including phenoxy) is 2. The zero-order valence-electron chi connectivity index (χ0n) is 9.32. The largest absolute Gasteiger partial charge is 0.497 e. The van der Waals surface area contributed by atoms with Gasteiger partial charge < -0.3 is 14.5 Å². The lowest BCUT2D eigenvalue weighted by Crippen LogP contribution is -1.91. The average Bonchev–Trinajstić information content (AvgIpc) is 2.70. The Balaban J connectivity index is 2.16. The van der Waals surface area contributed by atoms with Gasteiger partial charge in [0, 0.05) is 18.9 Å². The SMILES string of the molecule is COCCSc1nc2ccc(OC)cc2[nH]1. The van der Waals surface area contributed by atoms with Gasteiger partial charge in [-0.1, -0.05) is 11.8 Å². The Labute approximate surface area is 98.4 Å². The minimum absolute atomic E-state index is 0.727. The molecule has 1 aromatic carbocycles. The number of aromatic amines is 1. The van der Waals surface area contributed by atoms with Gasteiger partial charge in [-0.2, -0.15) is 0 Å². The van der Waals surface area contributed by atoms with Gasteiger partial charge in [0.15, 0.2) is 5.16 Å². The molecule has 1 aromatic heterocycles. The molecule has 4 nitrogen and oxygen atoms in total. The molecule has 1 heterocycles. The molecular weight excluding hydrogens is 224 g/mol. The van der Waals surface area contributed by atoms with Crippen molar-refractivity contribution in [2.24, 2.45) is 0 Å². The van der Waals surface area contributed by atoms with Gasteiger partial charge in [0.2, 0.25) is 0 Å². The Bertz CT molecular complexity index is 470. The molecule has 0 saturated carbocycles. The van der Waals surface area contributed by atoms with E-state index in [-0.39, 0.29) is 0 Å². The summed E-state index contributed by atoms with van der Waals surface area (Å²) in [6.07, 6.45) is 0. The summed E-state index contributed by atoms with van der Waals surface area (Å²) < 4.78 is 10.1. The van der Waals surface area contributed by atoms with Crippen LogP contribution in [0.4, 0.5) is 0 Å². The van der Waals surface area contributed by atoms with Crippen LogP contribution in [0, 0.1) is 0 Å². The maximum Gasteiger partial charge on any atom is 0.166 e. The van der Waals surface area contributed by atoms with Gasteiger partial charge >= 0.3 is 0 Å². The number of imidazole rings is 1. The molecular formula is C11H14N2O2S. The van der Waals surface area contributed by atoms with Gasteiger partial charge in [-0.15, -0.1) is 0 Å². The van der Waals surface area contributed by atoms with Crippen LogP contribution < -0.4 is 4.74 Å². The number of hydrogen-bond acceptors (Lipinski definition) is 4. The van der Waals surface area contributed by atoms with Crippen LogP contribution in [0.25, 0.3) is 11.0 Å². The minimum atomic E-state index is 0.727. The molecule has 5 heteroatoms. The van der Waals surface area contributed by atoms with Crippen LogP contribution >= 0.6 is 11.8 Å². The predicted octanol–water partition coefficient (Wildman–Crippen LogP) is 2.31. The first-order chi connectivity index (χ1) is 7.83. The Morgan fingerprint density at radius 3 is 3.00 bits per heavy atom. The number of nitrogens with zero attached hydrogens (tertiary/aromatic N) is 1. The second-order valence-electron chi connectivity index (χ2n) is 3.27. The number of aromatic nitrogens is 2. The third-order valence-electron chi connectivity index (χ3n) is 2.19. The van der Waals surface area contributed by atoms with E-state index in [1.807, 2.05) is 18.2 Å². The molecule has 2 rings (SSSR count). The second-order valence-corrected chi connectivity index (χ2v) is 4.35. The summed E-state index contributed by atoms with van der Waals surface area (Å²) in [6.45, 7) is 0.727. The molecule has 2 aromatic rings. The number of methoxy groups -OCH3 is 2. The summed E-state index contributed by atoms with van der Waals surface area (Å²) in [5, 5.41) is 0.917. The first-order valence-corrected chi connectivity index (χ1v) is 5.97. The molecule has 0 spiro atoms. The van der Waals surface area contributed by atoms with Crippen molar-refractivity contribution >= 4 is 22.8 Å². The fraction of sp³-hybridized carbons (Fsp3) is 0.364. The van der Waals surface area contributed by atoms with Crippen molar-refractivity contribution in [3.05, 3.63) is 18.2 Å². The first kappa shape index (κ1) is 11.3. The Morgan fingerprint density at radius 2 is 2.25 bits per heavy atom. The van der Waals surface area contributed by atoms with E-state index in [1.165, 1.54) is 0 Å².